The maximum atomic E-state index is 12.9. The Morgan fingerprint density at radius 3 is 2.10 bits per heavy atom. The van der Waals surface area contributed by atoms with Crippen molar-refractivity contribution in [1.29, 1.82) is 0 Å². The first-order valence-corrected chi connectivity index (χ1v) is 6.66. The molecular weight excluding hydrogens is 263 g/mol. The Kier molecular flexibility index (Phi) is 4.06. The molecule has 2 rings (SSSR count). The Hall–Kier alpha value is -1.91. The molecular formula is C15H17FO4. The summed E-state index contributed by atoms with van der Waals surface area (Å²) in [6, 6.07) is 5.80. The Balaban J connectivity index is 2.25. The van der Waals surface area contributed by atoms with Crippen LogP contribution in [0.2, 0.25) is 0 Å². The second kappa shape index (κ2) is 5.61. The molecule has 0 heterocycles. The summed E-state index contributed by atoms with van der Waals surface area (Å²) in [6.07, 6.45) is 0.344. The van der Waals surface area contributed by atoms with E-state index in [1.165, 1.54) is 12.1 Å². The number of carbonyl (C=O) groups excluding carboxylic acids is 2. The number of esters is 2. The van der Waals surface area contributed by atoms with Crippen molar-refractivity contribution in [3.63, 3.8) is 0 Å². The highest BCUT2D eigenvalue weighted by atomic mass is 19.1. The summed E-state index contributed by atoms with van der Waals surface area (Å²) in [7, 11) is 0. The van der Waals surface area contributed by atoms with E-state index in [0.717, 1.165) is 5.56 Å². The van der Waals surface area contributed by atoms with Gasteiger partial charge < -0.3 is 9.47 Å². The summed E-state index contributed by atoms with van der Waals surface area (Å²) in [5.74, 6) is -1.78. The summed E-state index contributed by atoms with van der Waals surface area (Å²) in [4.78, 5) is 24.2. The summed E-state index contributed by atoms with van der Waals surface area (Å²) < 4.78 is 22.9. The largest absolute Gasteiger partial charge is 0.465 e. The van der Waals surface area contributed by atoms with Gasteiger partial charge in [0, 0.05) is 5.92 Å². The van der Waals surface area contributed by atoms with Gasteiger partial charge in [0.25, 0.3) is 0 Å². The van der Waals surface area contributed by atoms with E-state index >= 15 is 0 Å². The highest BCUT2D eigenvalue weighted by molar-refractivity contribution is 6.05. The van der Waals surface area contributed by atoms with Gasteiger partial charge in [0.1, 0.15) is 5.82 Å². The summed E-state index contributed by atoms with van der Waals surface area (Å²) in [5, 5.41) is 0. The molecule has 1 atom stereocenters. The van der Waals surface area contributed by atoms with Crippen LogP contribution in [0.1, 0.15) is 31.7 Å². The Bertz CT molecular complexity index is 491. The minimum atomic E-state index is -1.26. The fourth-order valence-electron chi connectivity index (χ4n) is 2.41. The molecule has 0 aliphatic heterocycles. The van der Waals surface area contributed by atoms with Gasteiger partial charge in [-0.05, 0) is 38.0 Å². The van der Waals surface area contributed by atoms with Crippen molar-refractivity contribution < 1.29 is 23.5 Å². The van der Waals surface area contributed by atoms with E-state index in [9.17, 15) is 14.0 Å². The minimum absolute atomic E-state index is 0.204. The maximum absolute atomic E-state index is 12.9. The van der Waals surface area contributed by atoms with Gasteiger partial charge in [-0.2, -0.15) is 0 Å². The summed E-state index contributed by atoms with van der Waals surface area (Å²) in [6.45, 7) is 3.78. The molecule has 1 fully saturated rings. The molecule has 5 heteroatoms. The fraction of sp³-hybridized carbons (Fsp3) is 0.467. The normalized spacial score (nSPS) is 19.2. The van der Waals surface area contributed by atoms with Gasteiger partial charge in [-0.15, -0.1) is 0 Å². The van der Waals surface area contributed by atoms with Crippen LogP contribution in [0.25, 0.3) is 0 Å². The van der Waals surface area contributed by atoms with Crippen LogP contribution >= 0.6 is 0 Å². The average Bonchev–Trinajstić information content (AvgIpc) is 3.17. The molecule has 0 saturated heterocycles. The van der Waals surface area contributed by atoms with Crippen LogP contribution in [0.15, 0.2) is 24.3 Å². The predicted molar refractivity (Wildman–Crippen MR) is 69.5 cm³/mol. The zero-order valence-corrected chi connectivity index (χ0v) is 11.5. The molecule has 1 aliphatic carbocycles. The number of hydrogen-bond donors (Lipinski definition) is 0. The van der Waals surface area contributed by atoms with Gasteiger partial charge in [0.15, 0.2) is 5.41 Å². The maximum Gasteiger partial charge on any atom is 0.324 e. The third kappa shape index (κ3) is 2.40. The van der Waals surface area contributed by atoms with E-state index in [2.05, 4.69) is 0 Å². The van der Waals surface area contributed by atoms with Crippen LogP contribution in [0.4, 0.5) is 4.39 Å². The monoisotopic (exact) mass is 280 g/mol. The van der Waals surface area contributed by atoms with Gasteiger partial charge in [0.05, 0.1) is 13.2 Å². The first-order chi connectivity index (χ1) is 9.56. The van der Waals surface area contributed by atoms with Crippen molar-refractivity contribution in [2.24, 2.45) is 5.41 Å². The Morgan fingerprint density at radius 2 is 1.65 bits per heavy atom. The Labute approximate surface area is 116 Å². The lowest BCUT2D eigenvalue weighted by Gasteiger charge is -2.14. The zero-order valence-electron chi connectivity index (χ0n) is 11.5. The van der Waals surface area contributed by atoms with Crippen molar-refractivity contribution in [3.05, 3.63) is 35.6 Å². The standard InChI is InChI=1S/C15H17FO4/c1-3-19-13(17)15(14(18)20-4-2)9-12(15)10-5-7-11(16)8-6-10/h5-8,12H,3-4,9H2,1-2H3. The molecule has 1 saturated carbocycles. The van der Waals surface area contributed by atoms with Crippen LogP contribution in [0.5, 0.6) is 0 Å². The molecule has 0 bridgehead atoms. The van der Waals surface area contributed by atoms with E-state index in [0.29, 0.717) is 6.42 Å². The first kappa shape index (κ1) is 14.5. The highest BCUT2D eigenvalue weighted by Gasteiger charge is 2.68. The fourth-order valence-corrected chi connectivity index (χ4v) is 2.41. The third-order valence-corrected chi connectivity index (χ3v) is 3.51. The molecule has 0 radical (unpaired) electrons. The number of rotatable bonds is 5. The van der Waals surface area contributed by atoms with Crippen molar-refractivity contribution in [2.75, 3.05) is 13.2 Å². The topological polar surface area (TPSA) is 52.6 Å². The zero-order chi connectivity index (χ0) is 14.8. The lowest BCUT2D eigenvalue weighted by molar-refractivity contribution is -0.164. The molecule has 20 heavy (non-hydrogen) atoms. The summed E-state index contributed by atoms with van der Waals surface area (Å²) in [5.41, 5.74) is -0.517. The number of ether oxygens (including phenoxy) is 2. The molecule has 4 nitrogen and oxygen atoms in total. The van der Waals surface area contributed by atoms with Gasteiger partial charge in [0.2, 0.25) is 0 Å². The molecule has 0 amide bonds. The van der Waals surface area contributed by atoms with Gasteiger partial charge in [-0.3, -0.25) is 9.59 Å². The van der Waals surface area contributed by atoms with E-state index in [1.807, 2.05) is 0 Å². The SMILES string of the molecule is CCOC(=O)C1(C(=O)OCC)CC1c1ccc(F)cc1. The lowest BCUT2D eigenvalue weighted by atomic mass is 9.99. The average molecular weight is 280 g/mol. The Morgan fingerprint density at radius 1 is 1.15 bits per heavy atom. The van der Waals surface area contributed by atoms with E-state index in [4.69, 9.17) is 9.47 Å². The molecule has 1 unspecified atom stereocenters. The van der Waals surface area contributed by atoms with Crippen LogP contribution in [0, 0.1) is 11.2 Å². The van der Waals surface area contributed by atoms with E-state index in [1.54, 1.807) is 26.0 Å². The van der Waals surface area contributed by atoms with Crippen LogP contribution in [0.3, 0.4) is 0 Å². The van der Waals surface area contributed by atoms with Crippen molar-refractivity contribution in [3.8, 4) is 0 Å². The molecule has 1 aliphatic rings. The molecule has 0 aromatic heterocycles. The molecule has 108 valence electrons. The van der Waals surface area contributed by atoms with Crippen molar-refractivity contribution in [2.45, 2.75) is 26.2 Å². The van der Waals surface area contributed by atoms with Crippen LogP contribution in [-0.2, 0) is 19.1 Å². The van der Waals surface area contributed by atoms with Crippen LogP contribution in [-0.4, -0.2) is 25.2 Å². The first-order valence-electron chi connectivity index (χ1n) is 6.66. The van der Waals surface area contributed by atoms with Crippen molar-refractivity contribution >= 4 is 11.9 Å². The number of hydrogen-bond acceptors (Lipinski definition) is 4. The number of benzene rings is 1. The molecule has 1 aromatic carbocycles. The van der Waals surface area contributed by atoms with Gasteiger partial charge in [-0.1, -0.05) is 12.1 Å². The second-order valence-electron chi connectivity index (χ2n) is 4.72. The van der Waals surface area contributed by atoms with E-state index < -0.39 is 17.4 Å². The number of halogens is 1. The predicted octanol–water partition coefficient (Wildman–Crippen LogP) is 2.43. The second-order valence-corrected chi connectivity index (χ2v) is 4.72. The number of carbonyl (C=O) groups is 2. The highest BCUT2D eigenvalue weighted by Crippen LogP contribution is 2.60. The molecule has 0 spiro atoms. The smallest absolute Gasteiger partial charge is 0.324 e. The minimum Gasteiger partial charge on any atom is -0.465 e. The molecule has 1 aromatic rings. The third-order valence-electron chi connectivity index (χ3n) is 3.51. The molecule has 0 N–H and O–H groups in total. The van der Waals surface area contributed by atoms with Crippen LogP contribution < -0.4 is 0 Å². The lowest BCUT2D eigenvalue weighted by Crippen LogP contribution is -2.31. The van der Waals surface area contributed by atoms with E-state index in [-0.39, 0.29) is 24.9 Å². The van der Waals surface area contributed by atoms with Gasteiger partial charge in [-0.25, -0.2) is 4.39 Å². The van der Waals surface area contributed by atoms with Crippen molar-refractivity contribution in [1.82, 2.24) is 0 Å². The summed E-state index contributed by atoms with van der Waals surface area (Å²) >= 11 is 0. The quantitative estimate of drug-likeness (QED) is 0.614. The van der Waals surface area contributed by atoms with Gasteiger partial charge >= 0.3 is 11.9 Å².